The van der Waals surface area contributed by atoms with Gasteiger partial charge in [-0.3, -0.25) is 4.79 Å². The number of aromatic nitrogens is 4. The zero-order valence-corrected chi connectivity index (χ0v) is 16.4. The summed E-state index contributed by atoms with van der Waals surface area (Å²) in [5.74, 6) is 0.750. The first-order valence-corrected chi connectivity index (χ1v) is 10.1. The van der Waals surface area contributed by atoms with Gasteiger partial charge in [-0.2, -0.15) is 4.98 Å². The molecule has 3 heterocycles. The highest BCUT2D eigenvalue weighted by molar-refractivity contribution is 7.98. The quantitative estimate of drug-likeness (QED) is 0.620. The fourth-order valence-corrected chi connectivity index (χ4v) is 3.88. The predicted molar refractivity (Wildman–Crippen MR) is 101 cm³/mol. The second kappa shape index (κ2) is 7.53. The Morgan fingerprint density at radius 3 is 2.84 bits per heavy atom. The van der Waals surface area contributed by atoms with Crippen LogP contribution in [0.2, 0.25) is 0 Å². The third-order valence-electron chi connectivity index (χ3n) is 4.20. The van der Waals surface area contributed by atoms with Gasteiger partial charge in [0.1, 0.15) is 0 Å². The minimum Gasteiger partial charge on any atom is -0.341 e. The molecule has 3 aromatic rings. The SMILES string of the molecule is CSc1nc2nc(C)c(CCC(=O)N(C)Cc3cccs3)c(C)n2n1. The molecule has 0 N–H and O–H groups in total. The molecule has 0 aliphatic heterocycles. The van der Waals surface area contributed by atoms with Crippen molar-refractivity contribution in [1.29, 1.82) is 0 Å². The van der Waals surface area contributed by atoms with E-state index in [4.69, 9.17) is 0 Å². The monoisotopic (exact) mass is 375 g/mol. The highest BCUT2D eigenvalue weighted by Gasteiger charge is 2.16. The van der Waals surface area contributed by atoms with E-state index in [9.17, 15) is 4.79 Å². The first-order valence-electron chi connectivity index (χ1n) is 8.02. The van der Waals surface area contributed by atoms with Gasteiger partial charge in [-0.05, 0) is 43.5 Å². The van der Waals surface area contributed by atoms with Gasteiger partial charge >= 0.3 is 0 Å². The molecule has 0 aliphatic carbocycles. The van der Waals surface area contributed by atoms with Crippen LogP contribution in [-0.2, 0) is 17.8 Å². The molecule has 0 aliphatic rings. The van der Waals surface area contributed by atoms with E-state index in [0.717, 1.165) is 17.0 Å². The average molecular weight is 376 g/mol. The van der Waals surface area contributed by atoms with Crippen LogP contribution < -0.4 is 0 Å². The van der Waals surface area contributed by atoms with Crippen molar-refractivity contribution >= 4 is 34.8 Å². The van der Waals surface area contributed by atoms with Crippen molar-refractivity contribution in [3.8, 4) is 0 Å². The molecular formula is C17H21N5OS2. The van der Waals surface area contributed by atoms with E-state index >= 15 is 0 Å². The second-order valence-corrected chi connectivity index (χ2v) is 7.71. The minimum atomic E-state index is 0.135. The predicted octanol–water partition coefficient (Wildman–Crippen LogP) is 3.12. The molecule has 0 radical (unpaired) electrons. The van der Waals surface area contributed by atoms with E-state index in [-0.39, 0.29) is 5.91 Å². The van der Waals surface area contributed by atoms with Gasteiger partial charge in [-0.1, -0.05) is 17.8 Å². The number of amides is 1. The lowest BCUT2D eigenvalue weighted by Crippen LogP contribution is -2.26. The summed E-state index contributed by atoms with van der Waals surface area (Å²) >= 11 is 3.17. The summed E-state index contributed by atoms with van der Waals surface area (Å²) in [5, 5.41) is 7.19. The molecule has 6 nitrogen and oxygen atoms in total. The summed E-state index contributed by atoms with van der Waals surface area (Å²) in [6.07, 6.45) is 3.06. The van der Waals surface area contributed by atoms with Crippen molar-refractivity contribution in [1.82, 2.24) is 24.5 Å². The van der Waals surface area contributed by atoms with Crippen LogP contribution in [0.25, 0.3) is 5.78 Å². The van der Waals surface area contributed by atoms with Crippen molar-refractivity contribution < 1.29 is 4.79 Å². The fraction of sp³-hybridized carbons (Fsp3) is 0.412. The Kier molecular flexibility index (Phi) is 5.39. The Morgan fingerprint density at radius 2 is 2.16 bits per heavy atom. The van der Waals surface area contributed by atoms with Crippen LogP contribution in [0.3, 0.4) is 0 Å². The van der Waals surface area contributed by atoms with Gasteiger partial charge in [0, 0.05) is 29.7 Å². The van der Waals surface area contributed by atoms with Gasteiger partial charge in [-0.25, -0.2) is 9.50 Å². The van der Waals surface area contributed by atoms with Crippen molar-refractivity contribution in [3.05, 3.63) is 39.3 Å². The van der Waals surface area contributed by atoms with Crippen LogP contribution in [0, 0.1) is 13.8 Å². The Balaban J connectivity index is 1.73. The average Bonchev–Trinajstić information content (AvgIpc) is 3.23. The van der Waals surface area contributed by atoms with Crippen LogP contribution >= 0.6 is 23.1 Å². The number of carbonyl (C=O) groups is 1. The number of carbonyl (C=O) groups excluding carboxylic acids is 1. The summed E-state index contributed by atoms with van der Waals surface area (Å²) in [6, 6.07) is 4.06. The zero-order valence-electron chi connectivity index (χ0n) is 14.8. The van der Waals surface area contributed by atoms with E-state index in [1.54, 1.807) is 20.8 Å². The van der Waals surface area contributed by atoms with Gasteiger partial charge in [0.2, 0.25) is 11.1 Å². The molecule has 0 aromatic carbocycles. The molecule has 0 fully saturated rings. The number of nitrogens with zero attached hydrogens (tertiary/aromatic N) is 5. The van der Waals surface area contributed by atoms with Crippen molar-refractivity contribution in [2.75, 3.05) is 13.3 Å². The van der Waals surface area contributed by atoms with Gasteiger partial charge in [0.05, 0.1) is 6.54 Å². The number of rotatable bonds is 6. The Labute approximate surface area is 155 Å². The maximum Gasteiger partial charge on any atom is 0.253 e. The van der Waals surface area contributed by atoms with Crippen molar-refractivity contribution in [3.63, 3.8) is 0 Å². The third-order valence-corrected chi connectivity index (χ3v) is 5.60. The first-order chi connectivity index (χ1) is 12.0. The molecular weight excluding hydrogens is 354 g/mol. The van der Waals surface area contributed by atoms with Crippen LogP contribution in [0.4, 0.5) is 0 Å². The van der Waals surface area contributed by atoms with E-state index in [0.29, 0.717) is 30.3 Å². The molecule has 3 rings (SSSR count). The lowest BCUT2D eigenvalue weighted by Gasteiger charge is -2.17. The molecule has 8 heteroatoms. The molecule has 1 amide bonds. The first kappa shape index (κ1) is 17.9. The molecule has 132 valence electrons. The van der Waals surface area contributed by atoms with Gasteiger partial charge in [0.15, 0.2) is 0 Å². The zero-order chi connectivity index (χ0) is 18.0. The van der Waals surface area contributed by atoms with Gasteiger partial charge < -0.3 is 4.90 Å². The highest BCUT2D eigenvalue weighted by Crippen LogP contribution is 2.19. The van der Waals surface area contributed by atoms with Crippen LogP contribution in [0.15, 0.2) is 22.7 Å². The normalized spacial score (nSPS) is 11.2. The Morgan fingerprint density at radius 1 is 1.36 bits per heavy atom. The lowest BCUT2D eigenvalue weighted by atomic mass is 10.1. The third kappa shape index (κ3) is 3.85. The molecule has 0 atom stereocenters. The largest absolute Gasteiger partial charge is 0.341 e. The number of thiophene rings is 1. The molecule has 0 spiro atoms. The summed E-state index contributed by atoms with van der Waals surface area (Å²) in [7, 11) is 1.85. The number of fused-ring (bicyclic) bond motifs is 1. The van der Waals surface area contributed by atoms with Crippen molar-refractivity contribution in [2.45, 2.75) is 38.4 Å². The fourth-order valence-electron chi connectivity index (χ4n) is 2.79. The van der Waals surface area contributed by atoms with Crippen LogP contribution in [0.1, 0.15) is 28.2 Å². The summed E-state index contributed by atoms with van der Waals surface area (Å²) < 4.78 is 1.77. The van der Waals surface area contributed by atoms with E-state index in [2.05, 4.69) is 21.1 Å². The Hall–Kier alpha value is -1.93. The molecule has 0 saturated carbocycles. The standard InChI is InChI=1S/C17H21N5OS2/c1-11-14(12(2)22-16(18-11)19-17(20-22)24-4)7-8-15(23)21(3)10-13-6-5-9-25-13/h5-6,9H,7-8,10H2,1-4H3. The van der Waals surface area contributed by atoms with Crippen LogP contribution in [0.5, 0.6) is 0 Å². The summed E-state index contributed by atoms with van der Waals surface area (Å²) in [4.78, 5) is 24.4. The highest BCUT2D eigenvalue weighted by atomic mass is 32.2. The number of hydrogen-bond acceptors (Lipinski definition) is 6. The van der Waals surface area contributed by atoms with Gasteiger partial charge in [0.25, 0.3) is 5.78 Å². The molecule has 25 heavy (non-hydrogen) atoms. The number of aryl methyl sites for hydroxylation is 2. The topological polar surface area (TPSA) is 63.4 Å². The van der Waals surface area contributed by atoms with Gasteiger partial charge in [-0.15, -0.1) is 16.4 Å². The summed E-state index contributed by atoms with van der Waals surface area (Å²) in [5.41, 5.74) is 2.99. The maximum atomic E-state index is 12.5. The number of hydrogen-bond donors (Lipinski definition) is 0. The molecule has 0 saturated heterocycles. The van der Waals surface area contributed by atoms with Crippen molar-refractivity contribution in [2.24, 2.45) is 0 Å². The smallest absolute Gasteiger partial charge is 0.253 e. The minimum absolute atomic E-state index is 0.135. The maximum absolute atomic E-state index is 12.5. The molecule has 3 aromatic heterocycles. The van der Waals surface area contributed by atoms with E-state index in [1.807, 2.05) is 38.6 Å². The van der Waals surface area contributed by atoms with E-state index < -0.39 is 0 Å². The summed E-state index contributed by atoms with van der Waals surface area (Å²) in [6.45, 7) is 4.64. The molecule has 0 unspecified atom stereocenters. The Bertz CT molecular complexity index is 888. The second-order valence-electron chi connectivity index (χ2n) is 5.90. The molecule has 0 bridgehead atoms. The van der Waals surface area contributed by atoms with Crippen LogP contribution in [-0.4, -0.2) is 43.7 Å². The van der Waals surface area contributed by atoms with E-state index in [1.165, 1.54) is 16.6 Å². The number of thioether (sulfide) groups is 1. The lowest BCUT2D eigenvalue weighted by molar-refractivity contribution is -0.130.